The van der Waals surface area contributed by atoms with E-state index >= 15 is 0 Å². The lowest BCUT2D eigenvalue weighted by atomic mass is 9.77. The summed E-state index contributed by atoms with van der Waals surface area (Å²) in [5.74, 6) is 1.50. The molecular formula is C23H26ClN3O. The van der Waals surface area contributed by atoms with E-state index in [4.69, 9.17) is 11.6 Å². The summed E-state index contributed by atoms with van der Waals surface area (Å²) < 4.78 is 0. The third-order valence-electron chi connectivity index (χ3n) is 6.85. The largest absolute Gasteiger partial charge is 0.330 e. The molecule has 0 radical (unpaired) electrons. The van der Waals surface area contributed by atoms with Gasteiger partial charge in [0.2, 0.25) is 5.91 Å². The number of piperidine rings is 3. The van der Waals surface area contributed by atoms with Gasteiger partial charge in [0.1, 0.15) is 0 Å². The smallest absolute Gasteiger partial charge is 0.223 e. The molecular weight excluding hydrogens is 370 g/mol. The Kier molecular flexibility index (Phi) is 4.85. The maximum Gasteiger partial charge on any atom is 0.223 e. The van der Waals surface area contributed by atoms with Crippen molar-refractivity contribution in [1.29, 1.82) is 0 Å². The lowest BCUT2D eigenvalue weighted by Crippen LogP contribution is -2.49. The van der Waals surface area contributed by atoms with Crippen LogP contribution in [0.15, 0.2) is 42.6 Å². The van der Waals surface area contributed by atoms with Crippen LogP contribution in [0.3, 0.4) is 0 Å². The van der Waals surface area contributed by atoms with Gasteiger partial charge in [-0.15, -0.1) is 0 Å². The van der Waals surface area contributed by atoms with Crippen molar-refractivity contribution in [2.24, 2.45) is 11.8 Å². The summed E-state index contributed by atoms with van der Waals surface area (Å²) in [4.78, 5) is 22.7. The van der Waals surface area contributed by atoms with Crippen LogP contribution >= 0.6 is 11.6 Å². The Morgan fingerprint density at radius 3 is 2.61 bits per heavy atom. The number of aromatic nitrogens is 1. The van der Waals surface area contributed by atoms with E-state index in [0.717, 1.165) is 36.7 Å². The second-order valence-electron chi connectivity index (χ2n) is 8.44. The lowest BCUT2D eigenvalue weighted by Gasteiger charge is -2.45. The van der Waals surface area contributed by atoms with Crippen LogP contribution in [0.5, 0.6) is 0 Å². The molecule has 28 heavy (non-hydrogen) atoms. The van der Waals surface area contributed by atoms with Gasteiger partial charge in [0.15, 0.2) is 0 Å². The summed E-state index contributed by atoms with van der Waals surface area (Å²) in [5.41, 5.74) is 3.35. The highest BCUT2D eigenvalue weighted by Gasteiger charge is 2.38. The summed E-state index contributed by atoms with van der Waals surface area (Å²) in [6, 6.07) is 11.9. The first-order valence-electron chi connectivity index (χ1n) is 10.4. The fourth-order valence-corrected chi connectivity index (χ4v) is 5.46. The Bertz CT molecular complexity index is 860. The number of hydrogen-bond acceptors (Lipinski definition) is 3. The number of pyridine rings is 1. The minimum atomic E-state index is -0.115. The van der Waals surface area contributed by atoms with Gasteiger partial charge in [-0.2, -0.15) is 0 Å². The van der Waals surface area contributed by atoms with E-state index in [9.17, 15) is 4.79 Å². The minimum absolute atomic E-state index is 0.115. The standard InChI is InChI=1S/C23H26ClN3O/c24-20-5-3-18(4-6-20)23-22-17(2-1-10-25-22)9-13-27(23)21(28)14-19-15-26-11-7-16(19)8-12-26/h1-6,10,16,19,23H,7-9,11-15H2/t19-,23?/m1/s1. The highest BCUT2D eigenvalue weighted by molar-refractivity contribution is 6.30. The average molecular weight is 396 g/mol. The van der Waals surface area contributed by atoms with E-state index in [1.165, 1.54) is 31.5 Å². The molecule has 1 unspecified atom stereocenters. The van der Waals surface area contributed by atoms with Crippen LogP contribution in [0, 0.1) is 11.8 Å². The van der Waals surface area contributed by atoms with Gasteiger partial charge in [0.05, 0.1) is 11.7 Å². The summed E-state index contributed by atoms with van der Waals surface area (Å²) >= 11 is 6.11. The van der Waals surface area contributed by atoms with Crippen molar-refractivity contribution in [2.45, 2.75) is 31.7 Å². The fourth-order valence-electron chi connectivity index (χ4n) is 5.34. The Labute approximate surface area is 171 Å². The zero-order chi connectivity index (χ0) is 19.1. The van der Waals surface area contributed by atoms with Crippen molar-refractivity contribution in [3.05, 3.63) is 64.4 Å². The van der Waals surface area contributed by atoms with Gasteiger partial charge in [-0.05, 0) is 73.5 Å². The predicted octanol–water partition coefficient (Wildman–Crippen LogP) is 3.94. The van der Waals surface area contributed by atoms with E-state index < -0.39 is 0 Å². The van der Waals surface area contributed by atoms with Crippen molar-refractivity contribution < 1.29 is 4.79 Å². The molecule has 0 saturated carbocycles. The first-order chi connectivity index (χ1) is 13.7. The highest BCUT2D eigenvalue weighted by Crippen LogP contribution is 2.38. The molecule has 3 saturated heterocycles. The molecule has 0 aliphatic carbocycles. The van der Waals surface area contributed by atoms with Gasteiger partial charge >= 0.3 is 0 Å². The van der Waals surface area contributed by atoms with Gasteiger partial charge in [0.25, 0.3) is 0 Å². The molecule has 2 aromatic rings. The number of amides is 1. The number of fused-ring (bicyclic) bond motifs is 4. The van der Waals surface area contributed by atoms with Gasteiger partial charge in [-0.25, -0.2) is 0 Å². The first-order valence-corrected chi connectivity index (χ1v) is 10.8. The molecule has 1 aromatic heterocycles. The van der Waals surface area contributed by atoms with Gasteiger partial charge in [-0.3, -0.25) is 9.78 Å². The summed E-state index contributed by atoms with van der Waals surface area (Å²) in [7, 11) is 0. The van der Waals surface area contributed by atoms with E-state index in [1.807, 2.05) is 36.5 Å². The molecule has 146 valence electrons. The average Bonchev–Trinajstić information content (AvgIpc) is 2.74. The second-order valence-corrected chi connectivity index (χ2v) is 8.88. The molecule has 0 N–H and O–H groups in total. The second kappa shape index (κ2) is 7.49. The SMILES string of the molecule is O=C(C[C@@H]1CN2CCC1CC2)N1CCc2cccnc2C1c1ccc(Cl)cc1. The molecule has 4 nitrogen and oxygen atoms in total. The normalized spacial score (nSPS) is 28.8. The summed E-state index contributed by atoms with van der Waals surface area (Å²) in [5, 5.41) is 0.714. The van der Waals surface area contributed by atoms with Crippen LogP contribution in [-0.4, -0.2) is 46.9 Å². The molecule has 2 atom stereocenters. The first kappa shape index (κ1) is 18.1. The number of benzene rings is 1. The minimum Gasteiger partial charge on any atom is -0.330 e. The Balaban J connectivity index is 1.43. The molecule has 5 heteroatoms. The molecule has 5 heterocycles. The third kappa shape index (κ3) is 3.33. The number of carbonyl (C=O) groups excluding carboxylic acids is 1. The van der Waals surface area contributed by atoms with Crippen molar-refractivity contribution >= 4 is 17.5 Å². The zero-order valence-corrected chi connectivity index (χ0v) is 16.8. The number of carbonyl (C=O) groups is 1. The zero-order valence-electron chi connectivity index (χ0n) is 16.1. The monoisotopic (exact) mass is 395 g/mol. The van der Waals surface area contributed by atoms with Crippen LogP contribution in [0.2, 0.25) is 5.02 Å². The van der Waals surface area contributed by atoms with Crippen LogP contribution in [-0.2, 0) is 11.2 Å². The summed E-state index contributed by atoms with van der Waals surface area (Å²) in [6.45, 7) is 4.27. The van der Waals surface area contributed by atoms with Crippen molar-refractivity contribution in [2.75, 3.05) is 26.2 Å². The number of hydrogen-bond donors (Lipinski definition) is 0. The maximum atomic E-state index is 13.5. The predicted molar refractivity (Wildman–Crippen MR) is 110 cm³/mol. The van der Waals surface area contributed by atoms with Crippen LogP contribution in [0.4, 0.5) is 0 Å². The fraction of sp³-hybridized carbons (Fsp3) is 0.478. The molecule has 1 aromatic carbocycles. The summed E-state index contributed by atoms with van der Waals surface area (Å²) in [6.07, 6.45) is 5.88. The molecule has 6 rings (SSSR count). The van der Waals surface area contributed by atoms with Gasteiger partial charge < -0.3 is 9.80 Å². The molecule has 1 amide bonds. The molecule has 0 spiro atoms. The van der Waals surface area contributed by atoms with E-state index in [-0.39, 0.29) is 11.9 Å². The van der Waals surface area contributed by atoms with Crippen molar-refractivity contribution in [3.63, 3.8) is 0 Å². The van der Waals surface area contributed by atoms with Crippen LogP contribution in [0.1, 0.15) is 42.1 Å². The molecule has 2 bridgehead atoms. The van der Waals surface area contributed by atoms with Crippen LogP contribution < -0.4 is 0 Å². The van der Waals surface area contributed by atoms with Crippen LogP contribution in [0.25, 0.3) is 0 Å². The van der Waals surface area contributed by atoms with E-state index in [1.54, 1.807) is 0 Å². The lowest BCUT2D eigenvalue weighted by molar-refractivity contribution is -0.136. The van der Waals surface area contributed by atoms with Gasteiger partial charge in [0, 0.05) is 30.7 Å². The van der Waals surface area contributed by atoms with E-state index in [0.29, 0.717) is 17.4 Å². The Morgan fingerprint density at radius 1 is 1.11 bits per heavy atom. The maximum absolute atomic E-state index is 13.5. The molecule has 4 aliphatic heterocycles. The quantitative estimate of drug-likeness (QED) is 0.789. The highest BCUT2D eigenvalue weighted by atomic mass is 35.5. The van der Waals surface area contributed by atoms with Crippen molar-refractivity contribution in [1.82, 2.24) is 14.8 Å². The van der Waals surface area contributed by atoms with Crippen molar-refractivity contribution in [3.8, 4) is 0 Å². The van der Waals surface area contributed by atoms with Gasteiger partial charge in [-0.1, -0.05) is 29.8 Å². The number of rotatable bonds is 3. The Morgan fingerprint density at radius 2 is 1.89 bits per heavy atom. The number of halogens is 1. The molecule has 4 aliphatic rings. The number of nitrogens with zero attached hydrogens (tertiary/aromatic N) is 3. The topological polar surface area (TPSA) is 36.4 Å². The molecule has 3 fully saturated rings. The third-order valence-corrected chi connectivity index (χ3v) is 7.11. The van der Waals surface area contributed by atoms with E-state index in [2.05, 4.69) is 20.9 Å². The Hall–Kier alpha value is -1.91.